The molecule has 0 radical (unpaired) electrons. The molecule has 1 aromatic rings. The SMILES string of the molecule is CC(=O)N(C)[C@@H](C)c1cc(C)c(Cl)cc1N1CCN(C(=O)OC(C)(C)C)CC1. The molecule has 1 saturated heterocycles. The van der Waals surface area contributed by atoms with E-state index in [1.807, 2.05) is 40.7 Å². The molecule has 1 atom stereocenters. The summed E-state index contributed by atoms with van der Waals surface area (Å²) in [4.78, 5) is 29.9. The molecule has 1 aliphatic rings. The average molecular weight is 410 g/mol. The second kappa shape index (κ2) is 8.60. The maximum atomic E-state index is 12.3. The molecule has 1 aromatic carbocycles. The topological polar surface area (TPSA) is 53.1 Å². The number of halogens is 1. The number of benzene rings is 1. The van der Waals surface area contributed by atoms with E-state index in [0.29, 0.717) is 31.2 Å². The van der Waals surface area contributed by atoms with Crippen LogP contribution in [0.5, 0.6) is 0 Å². The van der Waals surface area contributed by atoms with E-state index in [1.54, 1.807) is 23.8 Å². The predicted molar refractivity (Wildman–Crippen MR) is 113 cm³/mol. The summed E-state index contributed by atoms with van der Waals surface area (Å²) in [6.07, 6.45) is -0.279. The number of rotatable bonds is 3. The third kappa shape index (κ3) is 5.31. The van der Waals surface area contributed by atoms with Crippen LogP contribution in [0.3, 0.4) is 0 Å². The number of ether oxygens (including phenoxy) is 1. The molecular formula is C21H32ClN3O3. The van der Waals surface area contributed by atoms with E-state index in [9.17, 15) is 9.59 Å². The van der Waals surface area contributed by atoms with E-state index in [0.717, 1.165) is 16.8 Å². The van der Waals surface area contributed by atoms with Gasteiger partial charge in [-0.2, -0.15) is 0 Å². The fourth-order valence-corrected chi connectivity index (χ4v) is 3.40. The molecule has 28 heavy (non-hydrogen) atoms. The fraction of sp³-hybridized carbons (Fsp3) is 0.619. The van der Waals surface area contributed by atoms with Crippen LogP contribution in [0.2, 0.25) is 5.02 Å². The Morgan fingerprint density at radius 2 is 1.75 bits per heavy atom. The molecule has 1 aliphatic heterocycles. The first-order chi connectivity index (χ1) is 12.9. The van der Waals surface area contributed by atoms with Crippen LogP contribution in [0.25, 0.3) is 0 Å². The monoisotopic (exact) mass is 409 g/mol. The van der Waals surface area contributed by atoms with Gasteiger partial charge in [0, 0.05) is 50.9 Å². The molecule has 7 heteroatoms. The second-order valence-electron chi connectivity index (χ2n) is 8.42. The smallest absolute Gasteiger partial charge is 0.410 e. The molecule has 0 aromatic heterocycles. The molecule has 0 saturated carbocycles. The van der Waals surface area contributed by atoms with Gasteiger partial charge in [0.1, 0.15) is 5.60 Å². The van der Waals surface area contributed by atoms with Crippen molar-refractivity contribution in [3.8, 4) is 0 Å². The lowest BCUT2D eigenvalue weighted by Crippen LogP contribution is -2.50. The molecule has 1 fully saturated rings. The lowest BCUT2D eigenvalue weighted by Gasteiger charge is -2.39. The third-order valence-corrected chi connectivity index (χ3v) is 5.51. The highest BCUT2D eigenvalue weighted by Crippen LogP contribution is 2.35. The van der Waals surface area contributed by atoms with Gasteiger partial charge in [0.25, 0.3) is 0 Å². The minimum atomic E-state index is -0.501. The van der Waals surface area contributed by atoms with Crippen molar-refractivity contribution in [1.29, 1.82) is 0 Å². The number of hydrogen-bond acceptors (Lipinski definition) is 4. The Kier molecular flexibility index (Phi) is 6.86. The first-order valence-electron chi connectivity index (χ1n) is 9.67. The number of piperazine rings is 1. The van der Waals surface area contributed by atoms with Crippen molar-refractivity contribution in [1.82, 2.24) is 9.80 Å². The second-order valence-corrected chi connectivity index (χ2v) is 8.83. The molecule has 2 rings (SSSR count). The van der Waals surface area contributed by atoms with E-state index < -0.39 is 5.60 Å². The van der Waals surface area contributed by atoms with Crippen LogP contribution < -0.4 is 4.90 Å². The van der Waals surface area contributed by atoms with Gasteiger partial charge in [0.15, 0.2) is 0 Å². The lowest BCUT2D eigenvalue weighted by atomic mass is 10.0. The Labute approximate surface area is 173 Å². The van der Waals surface area contributed by atoms with Crippen LogP contribution in [-0.4, -0.2) is 60.6 Å². The zero-order valence-corrected chi connectivity index (χ0v) is 18.8. The van der Waals surface area contributed by atoms with Gasteiger partial charge in [-0.25, -0.2) is 4.79 Å². The zero-order valence-electron chi connectivity index (χ0n) is 18.0. The maximum absolute atomic E-state index is 12.3. The molecule has 1 heterocycles. The number of aryl methyl sites for hydroxylation is 1. The summed E-state index contributed by atoms with van der Waals surface area (Å²) in [6.45, 7) is 13.7. The normalized spacial score (nSPS) is 16.0. The first kappa shape index (κ1) is 22.3. The van der Waals surface area contributed by atoms with E-state index in [4.69, 9.17) is 16.3 Å². The number of anilines is 1. The highest BCUT2D eigenvalue weighted by Gasteiger charge is 2.28. The number of carbonyl (C=O) groups excluding carboxylic acids is 2. The molecule has 0 bridgehead atoms. The van der Waals surface area contributed by atoms with Gasteiger partial charge >= 0.3 is 6.09 Å². The third-order valence-electron chi connectivity index (χ3n) is 5.11. The first-order valence-corrected chi connectivity index (χ1v) is 10.0. The predicted octanol–water partition coefficient (Wildman–Crippen LogP) is 4.24. The average Bonchev–Trinajstić information content (AvgIpc) is 2.61. The molecule has 2 amide bonds. The summed E-state index contributed by atoms with van der Waals surface area (Å²) in [7, 11) is 1.81. The summed E-state index contributed by atoms with van der Waals surface area (Å²) in [5.74, 6) is 0.0146. The van der Waals surface area contributed by atoms with Crippen molar-refractivity contribution in [2.24, 2.45) is 0 Å². The largest absolute Gasteiger partial charge is 0.444 e. The van der Waals surface area contributed by atoms with E-state index >= 15 is 0 Å². The van der Waals surface area contributed by atoms with Crippen LogP contribution in [-0.2, 0) is 9.53 Å². The Hall–Kier alpha value is -1.95. The highest BCUT2D eigenvalue weighted by atomic mass is 35.5. The summed E-state index contributed by atoms with van der Waals surface area (Å²) >= 11 is 6.41. The number of amides is 2. The van der Waals surface area contributed by atoms with Gasteiger partial charge in [-0.05, 0) is 51.8 Å². The standard InChI is InChI=1S/C21H32ClN3O3/c1-14-12-17(15(2)23(7)16(3)26)19(13-18(14)22)24-8-10-25(11-9-24)20(27)28-21(4,5)6/h12-13,15H,8-11H2,1-7H3/t15-/m0/s1. The summed E-state index contributed by atoms with van der Waals surface area (Å²) < 4.78 is 5.48. The van der Waals surface area contributed by atoms with Gasteiger partial charge in [0.05, 0.1) is 6.04 Å². The molecule has 0 N–H and O–H groups in total. The van der Waals surface area contributed by atoms with Crippen molar-refractivity contribution in [3.05, 3.63) is 28.3 Å². The number of nitrogens with zero attached hydrogens (tertiary/aromatic N) is 3. The molecule has 0 unspecified atom stereocenters. The van der Waals surface area contributed by atoms with Gasteiger partial charge in [-0.15, -0.1) is 0 Å². The number of carbonyl (C=O) groups is 2. The Balaban J connectivity index is 2.21. The summed E-state index contributed by atoms with van der Waals surface area (Å²) in [6, 6.07) is 3.95. The molecule has 0 spiro atoms. The molecule has 6 nitrogen and oxygen atoms in total. The van der Waals surface area contributed by atoms with E-state index in [2.05, 4.69) is 11.0 Å². The van der Waals surface area contributed by atoms with Crippen LogP contribution in [0, 0.1) is 6.92 Å². The minimum Gasteiger partial charge on any atom is -0.444 e. The van der Waals surface area contributed by atoms with Crippen molar-refractivity contribution >= 4 is 29.3 Å². The summed E-state index contributed by atoms with van der Waals surface area (Å²) in [5.41, 5.74) is 2.56. The van der Waals surface area contributed by atoms with Gasteiger partial charge in [0.2, 0.25) is 5.91 Å². The van der Waals surface area contributed by atoms with Crippen molar-refractivity contribution in [2.75, 3.05) is 38.1 Å². The maximum Gasteiger partial charge on any atom is 0.410 e. The lowest BCUT2D eigenvalue weighted by molar-refractivity contribution is -0.129. The van der Waals surface area contributed by atoms with Gasteiger partial charge in [-0.3, -0.25) is 4.79 Å². The molecule has 0 aliphatic carbocycles. The Morgan fingerprint density at radius 3 is 2.25 bits per heavy atom. The van der Waals surface area contributed by atoms with Crippen molar-refractivity contribution in [2.45, 2.75) is 53.2 Å². The molecule has 156 valence electrons. The minimum absolute atomic E-state index is 0.0146. The van der Waals surface area contributed by atoms with Crippen LogP contribution in [0.15, 0.2) is 12.1 Å². The van der Waals surface area contributed by atoms with Crippen LogP contribution in [0.1, 0.15) is 51.8 Å². The van der Waals surface area contributed by atoms with Crippen LogP contribution >= 0.6 is 11.6 Å². The fourth-order valence-electron chi connectivity index (χ4n) is 3.24. The quantitative estimate of drug-likeness (QED) is 0.749. The van der Waals surface area contributed by atoms with Gasteiger partial charge < -0.3 is 19.4 Å². The Morgan fingerprint density at radius 1 is 1.18 bits per heavy atom. The van der Waals surface area contributed by atoms with E-state index in [-0.39, 0.29) is 18.0 Å². The molecular weight excluding hydrogens is 378 g/mol. The summed E-state index contributed by atoms with van der Waals surface area (Å²) in [5, 5.41) is 0.700. The Bertz CT molecular complexity index is 737. The zero-order chi connectivity index (χ0) is 21.2. The number of hydrogen-bond donors (Lipinski definition) is 0. The van der Waals surface area contributed by atoms with Crippen molar-refractivity contribution in [3.63, 3.8) is 0 Å². The van der Waals surface area contributed by atoms with Gasteiger partial charge in [-0.1, -0.05) is 17.7 Å². The highest BCUT2D eigenvalue weighted by molar-refractivity contribution is 6.31. The van der Waals surface area contributed by atoms with E-state index in [1.165, 1.54) is 0 Å². The van der Waals surface area contributed by atoms with Crippen LogP contribution in [0.4, 0.5) is 10.5 Å². The van der Waals surface area contributed by atoms with Crippen molar-refractivity contribution < 1.29 is 14.3 Å².